The van der Waals surface area contributed by atoms with Gasteiger partial charge in [-0.2, -0.15) is 0 Å². The summed E-state index contributed by atoms with van der Waals surface area (Å²) in [6.45, 7) is 5.95. The van der Waals surface area contributed by atoms with E-state index >= 15 is 0 Å². The highest BCUT2D eigenvalue weighted by Crippen LogP contribution is 2.25. The summed E-state index contributed by atoms with van der Waals surface area (Å²) in [6, 6.07) is 15.5. The van der Waals surface area contributed by atoms with Gasteiger partial charge < -0.3 is 10.1 Å². The van der Waals surface area contributed by atoms with E-state index in [4.69, 9.17) is 4.74 Å². The standard InChI is InChI=1S/C18H21NO2/c1-13(2)21-17-10-5-4-9-16(17)19-18(20)12-15-8-6-7-14(3)11-15/h4-11,13H,12H2,1-3H3,(H,19,20). The maximum Gasteiger partial charge on any atom is 0.228 e. The highest BCUT2D eigenvalue weighted by atomic mass is 16.5. The van der Waals surface area contributed by atoms with Crippen LogP contribution in [0.1, 0.15) is 25.0 Å². The van der Waals surface area contributed by atoms with Crippen LogP contribution in [0.5, 0.6) is 5.75 Å². The molecule has 0 radical (unpaired) electrons. The summed E-state index contributed by atoms with van der Waals surface area (Å²) >= 11 is 0. The smallest absolute Gasteiger partial charge is 0.228 e. The second kappa shape index (κ2) is 6.93. The number of nitrogens with one attached hydrogen (secondary N) is 1. The third-order valence-electron chi connectivity index (χ3n) is 2.97. The van der Waals surface area contributed by atoms with Gasteiger partial charge in [0.05, 0.1) is 18.2 Å². The molecule has 1 N–H and O–H groups in total. The van der Waals surface area contributed by atoms with Crippen molar-refractivity contribution in [3.8, 4) is 5.75 Å². The Morgan fingerprint density at radius 2 is 1.90 bits per heavy atom. The second-order valence-corrected chi connectivity index (χ2v) is 5.38. The molecule has 0 aliphatic rings. The Morgan fingerprint density at radius 1 is 1.14 bits per heavy atom. The minimum Gasteiger partial charge on any atom is -0.489 e. The minimum absolute atomic E-state index is 0.0413. The van der Waals surface area contributed by atoms with Crippen molar-refractivity contribution in [2.24, 2.45) is 0 Å². The number of rotatable bonds is 5. The molecule has 0 aromatic heterocycles. The Hall–Kier alpha value is -2.29. The van der Waals surface area contributed by atoms with Crippen molar-refractivity contribution in [2.45, 2.75) is 33.3 Å². The van der Waals surface area contributed by atoms with Gasteiger partial charge in [0.15, 0.2) is 0 Å². The van der Waals surface area contributed by atoms with Gasteiger partial charge in [0, 0.05) is 0 Å². The molecule has 0 atom stereocenters. The van der Waals surface area contributed by atoms with Gasteiger partial charge in [-0.1, -0.05) is 42.0 Å². The highest BCUT2D eigenvalue weighted by molar-refractivity contribution is 5.93. The number of para-hydroxylation sites is 2. The first-order valence-corrected chi connectivity index (χ1v) is 7.15. The van der Waals surface area contributed by atoms with Gasteiger partial charge in [0.25, 0.3) is 0 Å². The number of hydrogen-bond acceptors (Lipinski definition) is 2. The Balaban J connectivity index is 2.06. The minimum atomic E-state index is -0.0413. The van der Waals surface area contributed by atoms with Crippen molar-refractivity contribution < 1.29 is 9.53 Å². The molecule has 2 aromatic carbocycles. The molecule has 2 aromatic rings. The van der Waals surface area contributed by atoms with Crippen molar-refractivity contribution in [3.63, 3.8) is 0 Å². The van der Waals surface area contributed by atoms with Gasteiger partial charge in [0.1, 0.15) is 5.75 Å². The van der Waals surface area contributed by atoms with Crippen molar-refractivity contribution in [1.82, 2.24) is 0 Å². The summed E-state index contributed by atoms with van der Waals surface area (Å²) in [7, 11) is 0. The predicted molar refractivity (Wildman–Crippen MR) is 85.7 cm³/mol. The molecule has 3 nitrogen and oxygen atoms in total. The molecule has 0 fully saturated rings. The van der Waals surface area contributed by atoms with Crippen LogP contribution in [0.15, 0.2) is 48.5 Å². The summed E-state index contributed by atoms with van der Waals surface area (Å²) in [4.78, 5) is 12.2. The SMILES string of the molecule is Cc1cccc(CC(=O)Nc2ccccc2OC(C)C)c1. The van der Waals surface area contributed by atoms with Crippen LogP contribution in [0.4, 0.5) is 5.69 Å². The maximum absolute atomic E-state index is 12.2. The molecule has 0 aliphatic heterocycles. The molecule has 0 heterocycles. The first-order chi connectivity index (χ1) is 10.0. The summed E-state index contributed by atoms with van der Waals surface area (Å²) < 4.78 is 5.70. The molecular weight excluding hydrogens is 262 g/mol. The van der Waals surface area contributed by atoms with E-state index in [0.29, 0.717) is 17.9 Å². The number of carbonyl (C=O) groups excluding carboxylic acids is 1. The zero-order chi connectivity index (χ0) is 15.2. The number of anilines is 1. The van der Waals surface area contributed by atoms with Crippen LogP contribution in [-0.2, 0) is 11.2 Å². The van der Waals surface area contributed by atoms with E-state index in [-0.39, 0.29) is 12.0 Å². The average molecular weight is 283 g/mol. The van der Waals surface area contributed by atoms with E-state index in [9.17, 15) is 4.79 Å². The lowest BCUT2D eigenvalue weighted by Gasteiger charge is -2.14. The Morgan fingerprint density at radius 3 is 2.62 bits per heavy atom. The third kappa shape index (κ3) is 4.63. The van der Waals surface area contributed by atoms with E-state index in [2.05, 4.69) is 5.32 Å². The molecular formula is C18H21NO2. The molecule has 110 valence electrons. The second-order valence-electron chi connectivity index (χ2n) is 5.38. The van der Waals surface area contributed by atoms with E-state index in [1.165, 1.54) is 0 Å². The van der Waals surface area contributed by atoms with Gasteiger partial charge >= 0.3 is 0 Å². The molecule has 0 aliphatic carbocycles. The van der Waals surface area contributed by atoms with Gasteiger partial charge in [-0.3, -0.25) is 4.79 Å². The molecule has 2 rings (SSSR count). The topological polar surface area (TPSA) is 38.3 Å². The summed E-state index contributed by atoms with van der Waals surface area (Å²) in [5.74, 6) is 0.658. The lowest BCUT2D eigenvalue weighted by Crippen LogP contribution is -2.16. The van der Waals surface area contributed by atoms with Gasteiger partial charge in [0.2, 0.25) is 5.91 Å². The Labute approximate surface area is 126 Å². The first-order valence-electron chi connectivity index (χ1n) is 7.15. The molecule has 3 heteroatoms. The molecule has 0 saturated carbocycles. The molecule has 21 heavy (non-hydrogen) atoms. The van der Waals surface area contributed by atoms with Crippen LogP contribution < -0.4 is 10.1 Å². The molecule has 0 unspecified atom stereocenters. The van der Waals surface area contributed by atoms with Crippen LogP contribution in [0, 0.1) is 6.92 Å². The van der Waals surface area contributed by atoms with Crippen LogP contribution in [0.3, 0.4) is 0 Å². The Kier molecular flexibility index (Phi) is 4.99. The zero-order valence-electron chi connectivity index (χ0n) is 12.7. The number of amides is 1. The largest absolute Gasteiger partial charge is 0.489 e. The van der Waals surface area contributed by atoms with E-state index in [1.807, 2.05) is 69.3 Å². The normalized spacial score (nSPS) is 10.5. The number of benzene rings is 2. The number of ether oxygens (including phenoxy) is 1. The maximum atomic E-state index is 12.2. The number of hydrogen-bond donors (Lipinski definition) is 1. The van der Waals surface area contributed by atoms with Crippen LogP contribution >= 0.6 is 0 Å². The summed E-state index contributed by atoms with van der Waals surface area (Å²) in [5.41, 5.74) is 2.88. The fourth-order valence-corrected chi connectivity index (χ4v) is 2.13. The van der Waals surface area contributed by atoms with Crippen LogP contribution in [0.25, 0.3) is 0 Å². The van der Waals surface area contributed by atoms with Crippen molar-refractivity contribution in [3.05, 3.63) is 59.7 Å². The molecule has 0 bridgehead atoms. The fourth-order valence-electron chi connectivity index (χ4n) is 2.13. The van der Waals surface area contributed by atoms with Crippen LogP contribution in [0.2, 0.25) is 0 Å². The third-order valence-corrected chi connectivity index (χ3v) is 2.97. The van der Waals surface area contributed by atoms with E-state index in [1.54, 1.807) is 0 Å². The number of aryl methyl sites for hydroxylation is 1. The van der Waals surface area contributed by atoms with Crippen molar-refractivity contribution in [1.29, 1.82) is 0 Å². The van der Waals surface area contributed by atoms with E-state index < -0.39 is 0 Å². The van der Waals surface area contributed by atoms with Gasteiger partial charge in [-0.05, 0) is 38.5 Å². The monoisotopic (exact) mass is 283 g/mol. The zero-order valence-corrected chi connectivity index (χ0v) is 12.7. The summed E-state index contributed by atoms with van der Waals surface area (Å²) in [6.07, 6.45) is 0.428. The molecule has 0 spiro atoms. The lowest BCUT2D eigenvalue weighted by molar-refractivity contribution is -0.115. The number of carbonyl (C=O) groups is 1. The van der Waals surface area contributed by atoms with Crippen molar-refractivity contribution >= 4 is 11.6 Å². The lowest BCUT2D eigenvalue weighted by atomic mass is 10.1. The van der Waals surface area contributed by atoms with Gasteiger partial charge in [-0.15, -0.1) is 0 Å². The highest BCUT2D eigenvalue weighted by Gasteiger charge is 2.09. The van der Waals surface area contributed by atoms with Crippen LogP contribution in [-0.4, -0.2) is 12.0 Å². The van der Waals surface area contributed by atoms with Gasteiger partial charge in [-0.25, -0.2) is 0 Å². The fraction of sp³-hybridized carbons (Fsp3) is 0.278. The van der Waals surface area contributed by atoms with Crippen molar-refractivity contribution in [2.75, 3.05) is 5.32 Å². The predicted octanol–water partition coefficient (Wildman–Crippen LogP) is 3.96. The molecule has 0 saturated heterocycles. The quantitative estimate of drug-likeness (QED) is 0.902. The first kappa shape index (κ1) is 15.1. The summed E-state index contributed by atoms with van der Waals surface area (Å²) in [5, 5.41) is 2.92. The molecule has 1 amide bonds. The van der Waals surface area contributed by atoms with E-state index in [0.717, 1.165) is 11.1 Å². The average Bonchev–Trinajstić information content (AvgIpc) is 2.40. The Bertz CT molecular complexity index is 620.